The first-order valence-electron chi connectivity index (χ1n) is 5.18. The maximum Gasteiger partial charge on any atom is 0.317 e. The van der Waals surface area contributed by atoms with E-state index in [2.05, 4.69) is 48.6 Å². The number of nitrogens with zero attached hydrogens (tertiary/aromatic N) is 1. The summed E-state index contributed by atoms with van der Waals surface area (Å²) in [6.07, 6.45) is 1.01. The van der Waals surface area contributed by atoms with E-state index in [0.717, 1.165) is 10.9 Å². The van der Waals surface area contributed by atoms with Gasteiger partial charge in [-0.15, -0.1) is 0 Å². The smallest absolute Gasteiger partial charge is 0.317 e. The van der Waals surface area contributed by atoms with E-state index in [1.165, 1.54) is 0 Å². The van der Waals surface area contributed by atoms with E-state index >= 15 is 0 Å². The Bertz CT molecular complexity index is 229. The molecule has 0 aliphatic carbocycles. The lowest BCUT2D eigenvalue weighted by molar-refractivity contribution is 0.188. The molecule has 1 unspecified atom stereocenters. The number of hydrogen-bond acceptors (Lipinski definition) is 1. The quantitative estimate of drug-likeness (QED) is 0.823. The molecule has 0 saturated heterocycles. The van der Waals surface area contributed by atoms with Crippen molar-refractivity contribution in [1.82, 2.24) is 10.2 Å². The summed E-state index contributed by atoms with van der Waals surface area (Å²) in [5.74, 6) is 0.599. The van der Waals surface area contributed by atoms with Crippen molar-refractivity contribution in [2.75, 3.05) is 13.6 Å². The molecule has 4 heteroatoms. The molecule has 0 aromatic heterocycles. The number of carbonyl (C=O) groups excluding carboxylic acids is 1. The number of halogens is 1. The molecule has 2 amide bonds. The Hall–Kier alpha value is -0.510. The van der Waals surface area contributed by atoms with Crippen molar-refractivity contribution in [1.29, 1.82) is 0 Å². The molecule has 3 nitrogen and oxygen atoms in total. The van der Waals surface area contributed by atoms with Crippen LogP contribution in [0.1, 0.15) is 27.2 Å². The van der Waals surface area contributed by atoms with Crippen LogP contribution in [0.25, 0.3) is 0 Å². The topological polar surface area (TPSA) is 32.3 Å². The van der Waals surface area contributed by atoms with Crippen LogP contribution in [-0.4, -0.2) is 30.6 Å². The fraction of sp³-hybridized carbons (Fsp3) is 0.727. The molecule has 88 valence electrons. The van der Waals surface area contributed by atoms with Gasteiger partial charge in [0, 0.05) is 17.6 Å². The zero-order valence-electron chi connectivity index (χ0n) is 10.0. The second kappa shape index (κ2) is 6.88. The summed E-state index contributed by atoms with van der Waals surface area (Å²) in [4.78, 5) is 13.4. The molecule has 0 aliphatic rings. The number of urea groups is 1. The molecule has 0 radical (unpaired) electrons. The van der Waals surface area contributed by atoms with Crippen molar-refractivity contribution >= 4 is 22.0 Å². The SMILES string of the molecule is C=C(Br)CNC(=O)N(C)C(C)CC(C)C. The summed E-state index contributed by atoms with van der Waals surface area (Å²) >= 11 is 3.20. The van der Waals surface area contributed by atoms with Crippen molar-refractivity contribution in [3.63, 3.8) is 0 Å². The van der Waals surface area contributed by atoms with Gasteiger partial charge in [-0.3, -0.25) is 0 Å². The Morgan fingerprint density at radius 1 is 1.47 bits per heavy atom. The van der Waals surface area contributed by atoms with Gasteiger partial charge in [-0.25, -0.2) is 4.79 Å². The molecule has 0 saturated carbocycles. The van der Waals surface area contributed by atoms with Gasteiger partial charge in [0.1, 0.15) is 0 Å². The second-order valence-corrected chi connectivity index (χ2v) is 5.39. The average Bonchev–Trinajstić information content (AvgIpc) is 2.11. The standard InChI is InChI=1S/C11H21BrN2O/c1-8(2)6-10(4)14(5)11(15)13-7-9(3)12/h8,10H,3,6-7H2,1-2,4-5H3,(H,13,15). The molecule has 0 spiro atoms. The first-order chi connectivity index (χ1) is 6.84. The molecule has 0 fully saturated rings. The fourth-order valence-corrected chi connectivity index (χ4v) is 1.48. The molecule has 0 heterocycles. The van der Waals surface area contributed by atoms with Crippen LogP contribution in [0.15, 0.2) is 11.1 Å². The lowest BCUT2D eigenvalue weighted by Gasteiger charge is -2.26. The van der Waals surface area contributed by atoms with E-state index in [1.54, 1.807) is 4.90 Å². The maximum atomic E-state index is 11.6. The van der Waals surface area contributed by atoms with Gasteiger partial charge < -0.3 is 10.2 Å². The highest BCUT2D eigenvalue weighted by molar-refractivity contribution is 9.11. The van der Waals surface area contributed by atoms with Gasteiger partial charge in [-0.05, 0) is 19.3 Å². The molecule has 15 heavy (non-hydrogen) atoms. The van der Waals surface area contributed by atoms with Crippen LogP contribution in [0.3, 0.4) is 0 Å². The van der Waals surface area contributed by atoms with Crippen molar-refractivity contribution in [2.45, 2.75) is 33.2 Å². The predicted molar refractivity (Wildman–Crippen MR) is 68.1 cm³/mol. The van der Waals surface area contributed by atoms with Crippen LogP contribution >= 0.6 is 15.9 Å². The normalized spacial score (nSPS) is 12.4. The van der Waals surface area contributed by atoms with Crippen molar-refractivity contribution in [3.05, 3.63) is 11.1 Å². The van der Waals surface area contributed by atoms with Crippen LogP contribution in [0.5, 0.6) is 0 Å². The fourth-order valence-electron chi connectivity index (χ4n) is 1.34. The van der Waals surface area contributed by atoms with Gasteiger partial charge >= 0.3 is 6.03 Å². The first kappa shape index (κ1) is 14.5. The highest BCUT2D eigenvalue weighted by atomic mass is 79.9. The van der Waals surface area contributed by atoms with Crippen LogP contribution in [0.4, 0.5) is 4.79 Å². The number of rotatable bonds is 5. The highest BCUT2D eigenvalue weighted by Crippen LogP contribution is 2.09. The van der Waals surface area contributed by atoms with Crippen molar-refractivity contribution in [3.8, 4) is 0 Å². The van der Waals surface area contributed by atoms with Gasteiger partial charge in [0.2, 0.25) is 0 Å². The van der Waals surface area contributed by atoms with E-state index in [0.29, 0.717) is 12.5 Å². The molecule has 1 N–H and O–H groups in total. The number of nitrogens with one attached hydrogen (secondary N) is 1. The first-order valence-corrected chi connectivity index (χ1v) is 5.97. The summed E-state index contributed by atoms with van der Waals surface area (Å²) in [5, 5.41) is 2.78. The lowest BCUT2D eigenvalue weighted by atomic mass is 10.0. The second-order valence-electron chi connectivity index (χ2n) is 4.27. The average molecular weight is 277 g/mol. The highest BCUT2D eigenvalue weighted by Gasteiger charge is 2.15. The molecule has 0 aromatic carbocycles. The van der Waals surface area contributed by atoms with E-state index < -0.39 is 0 Å². The molecule has 0 aromatic rings. The summed E-state index contributed by atoms with van der Waals surface area (Å²) < 4.78 is 0.778. The zero-order chi connectivity index (χ0) is 12.0. The maximum absolute atomic E-state index is 11.6. The van der Waals surface area contributed by atoms with Crippen molar-refractivity contribution in [2.24, 2.45) is 5.92 Å². The van der Waals surface area contributed by atoms with E-state index in [-0.39, 0.29) is 12.1 Å². The zero-order valence-corrected chi connectivity index (χ0v) is 11.6. The summed E-state index contributed by atoms with van der Waals surface area (Å²) in [6.45, 7) is 10.5. The molecular weight excluding hydrogens is 256 g/mol. The number of hydrogen-bond donors (Lipinski definition) is 1. The minimum atomic E-state index is -0.0521. The van der Waals surface area contributed by atoms with Gasteiger partial charge in [0.05, 0.1) is 6.54 Å². The Labute approximate surface area is 101 Å². The summed E-state index contributed by atoms with van der Waals surface area (Å²) in [6, 6.07) is 0.206. The largest absolute Gasteiger partial charge is 0.333 e. The third-order valence-corrected chi connectivity index (χ3v) is 2.51. The molecule has 1 atom stereocenters. The molecule has 0 bridgehead atoms. The van der Waals surface area contributed by atoms with Crippen LogP contribution in [0.2, 0.25) is 0 Å². The molecule has 0 aliphatic heterocycles. The van der Waals surface area contributed by atoms with E-state index in [9.17, 15) is 4.79 Å². The Morgan fingerprint density at radius 3 is 2.40 bits per heavy atom. The third kappa shape index (κ3) is 6.55. The molecular formula is C11H21BrN2O. The van der Waals surface area contributed by atoms with Crippen LogP contribution < -0.4 is 5.32 Å². The van der Waals surface area contributed by atoms with Crippen molar-refractivity contribution < 1.29 is 4.79 Å². The predicted octanol–water partition coefficient (Wildman–Crippen LogP) is 2.97. The molecule has 0 rings (SSSR count). The van der Waals surface area contributed by atoms with Gasteiger partial charge in [-0.2, -0.15) is 0 Å². The monoisotopic (exact) mass is 276 g/mol. The van der Waals surface area contributed by atoms with Gasteiger partial charge in [0.15, 0.2) is 0 Å². The lowest BCUT2D eigenvalue weighted by Crippen LogP contribution is -2.43. The minimum Gasteiger partial charge on any atom is -0.333 e. The van der Waals surface area contributed by atoms with Gasteiger partial charge in [-0.1, -0.05) is 36.4 Å². The Morgan fingerprint density at radius 2 is 2.00 bits per heavy atom. The summed E-state index contributed by atoms with van der Waals surface area (Å²) in [5.41, 5.74) is 0. The number of carbonyl (C=O) groups is 1. The van der Waals surface area contributed by atoms with E-state index in [1.807, 2.05) is 7.05 Å². The van der Waals surface area contributed by atoms with Crippen LogP contribution in [0, 0.1) is 5.92 Å². The number of amides is 2. The Kier molecular flexibility index (Phi) is 6.65. The van der Waals surface area contributed by atoms with Crippen LogP contribution in [-0.2, 0) is 0 Å². The Balaban J connectivity index is 4.01. The third-order valence-electron chi connectivity index (χ3n) is 2.23. The van der Waals surface area contributed by atoms with Gasteiger partial charge in [0.25, 0.3) is 0 Å². The van der Waals surface area contributed by atoms with E-state index in [4.69, 9.17) is 0 Å². The summed E-state index contributed by atoms with van der Waals surface area (Å²) in [7, 11) is 1.82. The minimum absolute atomic E-state index is 0.0521.